The highest BCUT2D eigenvalue weighted by Gasteiger charge is 2.20. The molecule has 1 N–H and O–H groups in total. The molecule has 0 aliphatic carbocycles. The fourth-order valence-electron chi connectivity index (χ4n) is 2.59. The van der Waals surface area contributed by atoms with Crippen molar-refractivity contribution in [3.63, 3.8) is 0 Å². The highest BCUT2D eigenvalue weighted by molar-refractivity contribution is 5.85. The number of pyridine rings is 1. The van der Waals surface area contributed by atoms with Gasteiger partial charge in [0.15, 0.2) is 0 Å². The minimum absolute atomic E-state index is 0.00422. The molecule has 1 aromatic carbocycles. The third-order valence-electron chi connectivity index (χ3n) is 3.77. The predicted molar refractivity (Wildman–Crippen MR) is 77.2 cm³/mol. The molecule has 96 valence electrons. The monoisotopic (exact) mass is 243 g/mol. The second-order valence-electron chi connectivity index (χ2n) is 5.70. The van der Waals surface area contributed by atoms with E-state index in [0.717, 1.165) is 22.8 Å². The maximum atomic E-state index is 11.8. The number of aromatic nitrogens is 1. The van der Waals surface area contributed by atoms with Gasteiger partial charge in [-0.1, -0.05) is 39.3 Å². The molecule has 0 saturated heterocycles. The van der Waals surface area contributed by atoms with Crippen LogP contribution in [0.2, 0.25) is 0 Å². The second kappa shape index (κ2) is 4.60. The van der Waals surface area contributed by atoms with Gasteiger partial charge in [-0.15, -0.1) is 0 Å². The molecule has 2 rings (SSSR count). The number of fused-ring (bicyclic) bond motifs is 1. The third kappa shape index (κ3) is 2.20. The molecule has 0 bridgehead atoms. The van der Waals surface area contributed by atoms with Gasteiger partial charge in [0.2, 0.25) is 0 Å². The average Bonchev–Trinajstić information content (AvgIpc) is 2.33. The molecule has 0 aliphatic heterocycles. The smallest absolute Gasteiger partial charge is 0.255 e. The van der Waals surface area contributed by atoms with Crippen LogP contribution in [0.25, 0.3) is 10.8 Å². The number of hydrogen-bond donors (Lipinski definition) is 1. The first-order valence-corrected chi connectivity index (χ1v) is 6.58. The number of aryl methyl sites for hydroxylation is 1. The Morgan fingerprint density at radius 2 is 1.94 bits per heavy atom. The van der Waals surface area contributed by atoms with Gasteiger partial charge in [0.1, 0.15) is 0 Å². The Labute approximate surface area is 108 Å². The summed E-state index contributed by atoms with van der Waals surface area (Å²) in [7, 11) is 0. The summed E-state index contributed by atoms with van der Waals surface area (Å²) in [6, 6.07) is 6.22. The van der Waals surface area contributed by atoms with E-state index in [-0.39, 0.29) is 11.0 Å². The highest BCUT2D eigenvalue weighted by atomic mass is 16.1. The molecule has 0 fully saturated rings. The Morgan fingerprint density at radius 1 is 1.22 bits per heavy atom. The Balaban J connectivity index is 2.64. The van der Waals surface area contributed by atoms with Crippen molar-refractivity contribution in [2.24, 2.45) is 0 Å². The summed E-state index contributed by atoms with van der Waals surface area (Å²) in [6.45, 7) is 8.77. The first kappa shape index (κ1) is 12.9. The van der Waals surface area contributed by atoms with Crippen molar-refractivity contribution in [1.82, 2.24) is 4.98 Å². The van der Waals surface area contributed by atoms with E-state index in [1.165, 1.54) is 12.0 Å². The third-order valence-corrected chi connectivity index (χ3v) is 3.77. The van der Waals surface area contributed by atoms with E-state index >= 15 is 0 Å². The molecular formula is C16H21NO. The molecule has 0 unspecified atom stereocenters. The van der Waals surface area contributed by atoms with E-state index < -0.39 is 0 Å². The SMILES string of the molecule is CCCC(C)(C)c1ccc2c(=O)[nH]cc(C)c2c1. The average molecular weight is 243 g/mol. The first-order valence-electron chi connectivity index (χ1n) is 6.58. The first-order chi connectivity index (χ1) is 8.45. The summed E-state index contributed by atoms with van der Waals surface area (Å²) >= 11 is 0. The van der Waals surface area contributed by atoms with Crippen LogP contribution in [-0.2, 0) is 5.41 Å². The topological polar surface area (TPSA) is 32.9 Å². The lowest BCUT2D eigenvalue weighted by atomic mass is 9.80. The van der Waals surface area contributed by atoms with Crippen LogP contribution in [0.5, 0.6) is 0 Å². The molecule has 0 radical (unpaired) electrons. The van der Waals surface area contributed by atoms with Gasteiger partial charge in [-0.05, 0) is 41.3 Å². The van der Waals surface area contributed by atoms with Crippen molar-refractivity contribution in [3.8, 4) is 0 Å². The van der Waals surface area contributed by atoms with E-state index in [9.17, 15) is 4.79 Å². The number of nitrogens with one attached hydrogen (secondary N) is 1. The predicted octanol–water partition coefficient (Wildman–Crippen LogP) is 3.91. The minimum atomic E-state index is -0.00422. The zero-order valence-corrected chi connectivity index (χ0v) is 11.6. The Morgan fingerprint density at radius 3 is 2.61 bits per heavy atom. The van der Waals surface area contributed by atoms with Crippen molar-refractivity contribution in [1.29, 1.82) is 0 Å². The maximum absolute atomic E-state index is 11.8. The van der Waals surface area contributed by atoms with Crippen LogP contribution < -0.4 is 5.56 Å². The maximum Gasteiger partial charge on any atom is 0.255 e. The van der Waals surface area contributed by atoms with Crippen molar-refractivity contribution in [2.45, 2.75) is 46.0 Å². The van der Waals surface area contributed by atoms with Crippen LogP contribution in [0.15, 0.2) is 29.2 Å². The summed E-state index contributed by atoms with van der Waals surface area (Å²) in [5.41, 5.74) is 2.59. The second-order valence-corrected chi connectivity index (χ2v) is 5.70. The Hall–Kier alpha value is -1.57. The summed E-state index contributed by atoms with van der Waals surface area (Å²) in [6.07, 6.45) is 4.11. The number of benzene rings is 1. The van der Waals surface area contributed by atoms with E-state index in [2.05, 4.69) is 37.9 Å². The van der Waals surface area contributed by atoms with Gasteiger partial charge in [-0.25, -0.2) is 0 Å². The molecule has 18 heavy (non-hydrogen) atoms. The molecule has 0 atom stereocenters. The van der Waals surface area contributed by atoms with Crippen LogP contribution in [0.3, 0.4) is 0 Å². The highest BCUT2D eigenvalue weighted by Crippen LogP contribution is 2.30. The number of aromatic amines is 1. The van der Waals surface area contributed by atoms with E-state index in [0.29, 0.717) is 0 Å². The molecular weight excluding hydrogens is 222 g/mol. The largest absolute Gasteiger partial charge is 0.328 e. The molecule has 2 heteroatoms. The van der Waals surface area contributed by atoms with Gasteiger partial charge >= 0.3 is 0 Å². The minimum Gasteiger partial charge on any atom is -0.328 e. The quantitative estimate of drug-likeness (QED) is 0.871. The number of H-pyrrole nitrogens is 1. The number of rotatable bonds is 3. The molecule has 0 amide bonds. The molecule has 0 spiro atoms. The molecule has 1 heterocycles. The van der Waals surface area contributed by atoms with E-state index in [4.69, 9.17) is 0 Å². The van der Waals surface area contributed by atoms with Crippen molar-refractivity contribution in [2.75, 3.05) is 0 Å². The van der Waals surface area contributed by atoms with Crippen LogP contribution in [0.4, 0.5) is 0 Å². The lowest BCUT2D eigenvalue weighted by molar-refractivity contribution is 0.473. The Bertz CT molecular complexity index is 623. The lowest BCUT2D eigenvalue weighted by Crippen LogP contribution is -2.17. The zero-order chi connectivity index (χ0) is 13.3. The van der Waals surface area contributed by atoms with Gasteiger partial charge in [0, 0.05) is 11.6 Å². The zero-order valence-electron chi connectivity index (χ0n) is 11.6. The van der Waals surface area contributed by atoms with E-state index in [1.54, 1.807) is 6.20 Å². The number of hydrogen-bond acceptors (Lipinski definition) is 1. The van der Waals surface area contributed by atoms with Gasteiger partial charge in [0.25, 0.3) is 5.56 Å². The standard InChI is InChI=1S/C16H21NO/c1-5-8-16(3,4)12-6-7-13-14(9-12)11(2)10-17-15(13)18/h6-7,9-10H,5,8H2,1-4H3,(H,17,18). The van der Waals surface area contributed by atoms with Gasteiger partial charge < -0.3 is 4.98 Å². The molecule has 2 nitrogen and oxygen atoms in total. The summed E-state index contributed by atoms with van der Waals surface area (Å²) < 4.78 is 0. The van der Waals surface area contributed by atoms with Crippen LogP contribution >= 0.6 is 0 Å². The van der Waals surface area contributed by atoms with Crippen molar-refractivity contribution in [3.05, 3.63) is 45.9 Å². The van der Waals surface area contributed by atoms with Crippen molar-refractivity contribution < 1.29 is 0 Å². The molecule has 2 aromatic rings. The van der Waals surface area contributed by atoms with Gasteiger partial charge in [-0.3, -0.25) is 4.79 Å². The Kier molecular flexibility index (Phi) is 3.29. The summed E-state index contributed by atoms with van der Waals surface area (Å²) in [5, 5.41) is 1.85. The summed E-state index contributed by atoms with van der Waals surface area (Å²) in [4.78, 5) is 14.5. The lowest BCUT2D eigenvalue weighted by Gasteiger charge is -2.25. The van der Waals surface area contributed by atoms with Crippen LogP contribution in [-0.4, -0.2) is 4.98 Å². The fourth-order valence-corrected chi connectivity index (χ4v) is 2.59. The fraction of sp³-hybridized carbons (Fsp3) is 0.438. The van der Waals surface area contributed by atoms with E-state index in [1.807, 2.05) is 13.0 Å². The van der Waals surface area contributed by atoms with Gasteiger partial charge in [0.05, 0.1) is 0 Å². The molecule has 0 saturated carbocycles. The normalized spacial score (nSPS) is 12.0. The molecule has 0 aliphatic rings. The van der Waals surface area contributed by atoms with Crippen molar-refractivity contribution >= 4 is 10.8 Å². The van der Waals surface area contributed by atoms with Crippen LogP contribution in [0, 0.1) is 6.92 Å². The molecule has 1 aromatic heterocycles. The van der Waals surface area contributed by atoms with Crippen LogP contribution in [0.1, 0.15) is 44.7 Å². The summed E-state index contributed by atoms with van der Waals surface area (Å²) in [5.74, 6) is 0. The van der Waals surface area contributed by atoms with Gasteiger partial charge in [-0.2, -0.15) is 0 Å².